The molecule has 0 radical (unpaired) electrons. The Morgan fingerprint density at radius 1 is 1.26 bits per heavy atom. The highest BCUT2D eigenvalue weighted by atomic mass is 16.3. The Kier molecular flexibility index (Phi) is 4.81. The predicted octanol–water partition coefficient (Wildman–Crippen LogP) is 0.0305. The summed E-state index contributed by atoms with van der Waals surface area (Å²) < 4.78 is 0. The highest BCUT2D eigenvalue weighted by Gasteiger charge is 2.38. The summed E-state index contributed by atoms with van der Waals surface area (Å²) in [4.78, 5) is 16.0. The lowest BCUT2D eigenvalue weighted by Crippen LogP contribution is -2.56. The van der Waals surface area contributed by atoms with Crippen LogP contribution in [0.4, 0.5) is 0 Å². The summed E-state index contributed by atoms with van der Waals surface area (Å²) in [6.07, 6.45) is 3.91. The van der Waals surface area contributed by atoms with Crippen LogP contribution in [-0.2, 0) is 4.79 Å². The lowest BCUT2D eigenvalue weighted by atomic mass is 9.92. The second kappa shape index (κ2) is 6.20. The van der Waals surface area contributed by atoms with Crippen molar-refractivity contribution in [2.45, 2.75) is 38.2 Å². The van der Waals surface area contributed by atoms with Gasteiger partial charge in [0.25, 0.3) is 5.91 Å². The summed E-state index contributed by atoms with van der Waals surface area (Å²) in [7, 11) is 0. The third kappa shape index (κ3) is 3.91. The average Bonchev–Trinajstić information content (AvgIpc) is 2.38. The van der Waals surface area contributed by atoms with E-state index in [1.807, 2.05) is 0 Å². The molecule has 0 aliphatic carbocycles. The fourth-order valence-corrected chi connectivity index (χ4v) is 3.08. The maximum absolute atomic E-state index is 11.3. The van der Waals surface area contributed by atoms with Crippen LogP contribution in [0.3, 0.4) is 0 Å². The summed E-state index contributed by atoms with van der Waals surface area (Å²) in [5.41, 5.74) is 3.98. The second-order valence-corrected chi connectivity index (χ2v) is 6.30. The largest absolute Gasteiger partial charge is 0.379 e. The van der Waals surface area contributed by atoms with Gasteiger partial charge < -0.3 is 15.7 Å². The topological polar surface area (TPSA) is 69.8 Å². The van der Waals surface area contributed by atoms with Gasteiger partial charge in [-0.15, -0.1) is 0 Å². The highest BCUT2D eigenvalue weighted by Crippen LogP contribution is 2.21. The molecule has 110 valence electrons. The fraction of sp³-hybridized carbons (Fsp3) is 0.929. The highest BCUT2D eigenvalue weighted by molar-refractivity contribution is 5.83. The van der Waals surface area contributed by atoms with E-state index in [2.05, 4.69) is 16.7 Å². The van der Waals surface area contributed by atoms with Crippen LogP contribution in [0, 0.1) is 5.92 Å². The molecular weight excluding hydrogens is 242 g/mol. The van der Waals surface area contributed by atoms with E-state index < -0.39 is 11.5 Å². The van der Waals surface area contributed by atoms with E-state index in [1.165, 1.54) is 25.9 Å². The summed E-state index contributed by atoms with van der Waals surface area (Å²) in [5.74, 6) is 0.273. The molecule has 0 spiro atoms. The fourth-order valence-electron chi connectivity index (χ4n) is 3.08. The number of aliphatic hydroxyl groups is 1. The Morgan fingerprint density at radius 3 is 2.53 bits per heavy atom. The minimum Gasteiger partial charge on any atom is -0.379 e. The van der Waals surface area contributed by atoms with Gasteiger partial charge >= 0.3 is 0 Å². The van der Waals surface area contributed by atoms with Crippen LogP contribution in [0.25, 0.3) is 0 Å². The van der Waals surface area contributed by atoms with Crippen molar-refractivity contribution in [2.24, 2.45) is 11.7 Å². The van der Waals surface area contributed by atoms with Crippen LogP contribution in [-0.4, -0.2) is 65.7 Å². The number of piperidine rings is 2. The molecule has 0 bridgehead atoms. The van der Waals surface area contributed by atoms with Crippen LogP contribution in [0.15, 0.2) is 0 Å². The normalized spacial score (nSPS) is 31.5. The number of primary amides is 1. The van der Waals surface area contributed by atoms with Gasteiger partial charge in [0.1, 0.15) is 0 Å². The zero-order valence-corrected chi connectivity index (χ0v) is 12.0. The number of hydrogen-bond donors (Lipinski definition) is 2. The minimum absolute atomic E-state index is 0.395. The van der Waals surface area contributed by atoms with E-state index in [1.54, 1.807) is 0 Å². The molecule has 19 heavy (non-hydrogen) atoms. The van der Waals surface area contributed by atoms with E-state index >= 15 is 0 Å². The molecule has 3 N–H and O–H groups in total. The summed E-state index contributed by atoms with van der Waals surface area (Å²) in [5, 5.41) is 10.2. The minimum atomic E-state index is -1.31. The van der Waals surface area contributed by atoms with Gasteiger partial charge in [0.15, 0.2) is 5.60 Å². The van der Waals surface area contributed by atoms with Crippen molar-refractivity contribution in [3.63, 3.8) is 0 Å². The Hall–Kier alpha value is -0.650. The number of amides is 1. The molecular formula is C14H27N3O2. The van der Waals surface area contributed by atoms with Crippen molar-refractivity contribution in [1.82, 2.24) is 9.80 Å². The molecule has 5 heteroatoms. The van der Waals surface area contributed by atoms with Gasteiger partial charge in [-0.3, -0.25) is 9.69 Å². The van der Waals surface area contributed by atoms with Crippen LogP contribution in [0.2, 0.25) is 0 Å². The third-order valence-corrected chi connectivity index (χ3v) is 4.62. The van der Waals surface area contributed by atoms with Crippen molar-refractivity contribution in [2.75, 3.05) is 39.3 Å². The molecule has 2 heterocycles. The molecule has 0 saturated carbocycles. The smallest absolute Gasteiger partial charge is 0.250 e. The van der Waals surface area contributed by atoms with Crippen LogP contribution in [0.5, 0.6) is 0 Å². The first-order valence-electron chi connectivity index (χ1n) is 7.46. The van der Waals surface area contributed by atoms with Crippen LogP contribution >= 0.6 is 0 Å². The van der Waals surface area contributed by atoms with Gasteiger partial charge in [-0.2, -0.15) is 0 Å². The molecule has 2 rings (SSSR count). The van der Waals surface area contributed by atoms with E-state index in [0.29, 0.717) is 13.0 Å². The average molecular weight is 269 g/mol. The van der Waals surface area contributed by atoms with E-state index in [0.717, 1.165) is 32.0 Å². The van der Waals surface area contributed by atoms with E-state index in [4.69, 9.17) is 5.73 Å². The van der Waals surface area contributed by atoms with Gasteiger partial charge in [0.05, 0.1) is 0 Å². The number of rotatable bonds is 4. The number of nitrogens with zero attached hydrogens (tertiary/aromatic N) is 2. The number of carbonyl (C=O) groups is 1. The first kappa shape index (κ1) is 14.8. The molecule has 2 saturated heterocycles. The van der Waals surface area contributed by atoms with E-state index in [-0.39, 0.29) is 0 Å². The summed E-state index contributed by atoms with van der Waals surface area (Å²) >= 11 is 0. The number of nitrogens with two attached hydrogens (primary N) is 1. The summed E-state index contributed by atoms with van der Waals surface area (Å²) in [6, 6.07) is 0. The van der Waals surface area contributed by atoms with Crippen molar-refractivity contribution in [1.29, 1.82) is 0 Å². The van der Waals surface area contributed by atoms with Gasteiger partial charge in [-0.05, 0) is 51.2 Å². The second-order valence-electron chi connectivity index (χ2n) is 6.30. The Labute approximate surface area is 115 Å². The molecule has 0 aromatic rings. The Balaban J connectivity index is 1.75. The molecule has 1 amide bonds. The van der Waals surface area contributed by atoms with Crippen molar-refractivity contribution in [3.8, 4) is 0 Å². The molecule has 2 aliphatic heterocycles. The van der Waals surface area contributed by atoms with Gasteiger partial charge in [-0.25, -0.2) is 0 Å². The Morgan fingerprint density at radius 2 is 1.89 bits per heavy atom. The molecule has 0 aromatic heterocycles. The van der Waals surface area contributed by atoms with Crippen LogP contribution < -0.4 is 5.73 Å². The maximum Gasteiger partial charge on any atom is 0.250 e. The molecule has 5 nitrogen and oxygen atoms in total. The molecule has 1 atom stereocenters. The number of hydrogen-bond acceptors (Lipinski definition) is 4. The third-order valence-electron chi connectivity index (χ3n) is 4.62. The molecule has 2 fully saturated rings. The predicted molar refractivity (Wildman–Crippen MR) is 74.7 cm³/mol. The summed E-state index contributed by atoms with van der Waals surface area (Å²) in [6.45, 7) is 7.97. The number of β-amino-alcohol motifs (C(OH)–C–C–N with tert-alkyl or cyclic N) is 1. The van der Waals surface area contributed by atoms with Gasteiger partial charge in [0, 0.05) is 19.6 Å². The standard InChI is InChI=1S/C14H27N3O2/c1-12-3-7-16(8-4-12)9-10-17-6-2-5-14(19,11-17)13(15)18/h12,19H,2-11H2,1H3,(H2,15,18). The Bertz CT molecular complexity index is 316. The number of likely N-dealkylation sites (tertiary alicyclic amines) is 2. The maximum atomic E-state index is 11.3. The van der Waals surface area contributed by atoms with Crippen molar-refractivity contribution >= 4 is 5.91 Å². The van der Waals surface area contributed by atoms with Crippen LogP contribution in [0.1, 0.15) is 32.6 Å². The molecule has 1 unspecified atom stereocenters. The quantitative estimate of drug-likeness (QED) is 0.755. The van der Waals surface area contributed by atoms with Gasteiger partial charge in [-0.1, -0.05) is 6.92 Å². The van der Waals surface area contributed by atoms with Gasteiger partial charge in [0.2, 0.25) is 0 Å². The lowest BCUT2D eigenvalue weighted by molar-refractivity contribution is -0.142. The zero-order valence-electron chi connectivity index (χ0n) is 12.0. The van der Waals surface area contributed by atoms with E-state index in [9.17, 15) is 9.90 Å². The monoisotopic (exact) mass is 269 g/mol. The SMILES string of the molecule is CC1CCN(CCN2CCCC(O)(C(N)=O)C2)CC1. The first-order valence-corrected chi connectivity index (χ1v) is 7.46. The number of carbonyl (C=O) groups excluding carboxylic acids is 1. The molecule has 2 aliphatic rings. The van der Waals surface area contributed by atoms with Crippen molar-refractivity contribution in [3.05, 3.63) is 0 Å². The molecule has 0 aromatic carbocycles. The lowest BCUT2D eigenvalue weighted by Gasteiger charge is -2.38. The first-order chi connectivity index (χ1) is 8.99. The zero-order chi connectivity index (χ0) is 13.9. The van der Waals surface area contributed by atoms with Crippen molar-refractivity contribution < 1.29 is 9.90 Å².